The van der Waals surface area contributed by atoms with E-state index in [0.717, 1.165) is 0 Å². The van der Waals surface area contributed by atoms with Gasteiger partial charge in [-0.3, -0.25) is 4.79 Å². The van der Waals surface area contributed by atoms with Crippen LogP contribution in [0.1, 0.15) is 49.5 Å². The molecule has 1 rings (SSSR count). The smallest absolute Gasteiger partial charge is 0.251 e. The minimum Gasteiger partial charge on any atom is -0.350 e. The molecule has 1 aromatic carbocycles. The highest BCUT2D eigenvalue weighted by atomic mass is 19.1. The van der Waals surface area contributed by atoms with Crippen molar-refractivity contribution >= 4 is 5.91 Å². The Hall–Kier alpha value is -1.38. The minimum absolute atomic E-state index is 0.0559. The van der Waals surface area contributed by atoms with Crippen LogP contribution in [0.3, 0.4) is 0 Å². The molecule has 3 heteroatoms. The number of carbonyl (C=O) groups excluding carboxylic acids is 1. The monoisotopic (exact) mass is 223 g/mol. The van der Waals surface area contributed by atoms with E-state index in [9.17, 15) is 9.18 Å². The first-order chi connectivity index (χ1) is 7.41. The fourth-order valence-corrected chi connectivity index (χ4v) is 1.48. The number of hydrogen-bond acceptors (Lipinski definition) is 1. The van der Waals surface area contributed by atoms with Gasteiger partial charge in [-0.05, 0) is 37.5 Å². The van der Waals surface area contributed by atoms with Crippen LogP contribution in [-0.4, -0.2) is 11.9 Å². The lowest BCUT2D eigenvalue weighted by molar-refractivity contribution is 0.0942. The van der Waals surface area contributed by atoms with E-state index >= 15 is 0 Å². The van der Waals surface area contributed by atoms with E-state index in [-0.39, 0.29) is 23.7 Å². The van der Waals surface area contributed by atoms with Crippen molar-refractivity contribution in [2.24, 2.45) is 0 Å². The molecule has 1 aromatic rings. The van der Waals surface area contributed by atoms with Crippen molar-refractivity contribution in [3.8, 4) is 0 Å². The molecule has 1 N–H and O–H groups in total. The van der Waals surface area contributed by atoms with Crippen LogP contribution in [0.5, 0.6) is 0 Å². The average molecular weight is 223 g/mol. The van der Waals surface area contributed by atoms with Gasteiger partial charge in [0, 0.05) is 11.6 Å². The number of rotatable bonds is 3. The Balaban J connectivity index is 2.93. The van der Waals surface area contributed by atoms with Crippen LogP contribution in [0.4, 0.5) is 4.39 Å². The standard InChI is InChI=1S/C13H18FNO/c1-8(2)11-6-5-10(7-12(11)14)13(16)15-9(3)4/h5-9H,1-4H3,(H,15,16). The van der Waals surface area contributed by atoms with Crippen LogP contribution in [0, 0.1) is 5.82 Å². The number of hydrogen-bond donors (Lipinski definition) is 1. The SMILES string of the molecule is CC(C)NC(=O)c1ccc(C(C)C)c(F)c1. The van der Waals surface area contributed by atoms with Crippen molar-refractivity contribution < 1.29 is 9.18 Å². The zero-order valence-corrected chi connectivity index (χ0v) is 10.2. The molecule has 0 aliphatic heterocycles. The first-order valence-electron chi connectivity index (χ1n) is 5.52. The van der Waals surface area contributed by atoms with E-state index in [2.05, 4.69) is 5.32 Å². The van der Waals surface area contributed by atoms with Gasteiger partial charge in [-0.15, -0.1) is 0 Å². The average Bonchev–Trinajstić information content (AvgIpc) is 2.15. The van der Waals surface area contributed by atoms with Gasteiger partial charge in [0.05, 0.1) is 0 Å². The van der Waals surface area contributed by atoms with E-state index in [1.807, 2.05) is 27.7 Å². The van der Waals surface area contributed by atoms with Crippen LogP contribution in [-0.2, 0) is 0 Å². The summed E-state index contributed by atoms with van der Waals surface area (Å²) in [6.07, 6.45) is 0. The number of halogens is 1. The highest BCUT2D eigenvalue weighted by Crippen LogP contribution is 2.19. The van der Waals surface area contributed by atoms with Gasteiger partial charge in [-0.25, -0.2) is 4.39 Å². The van der Waals surface area contributed by atoms with Gasteiger partial charge in [0.15, 0.2) is 0 Å². The molecule has 16 heavy (non-hydrogen) atoms. The predicted molar refractivity (Wildman–Crippen MR) is 63.1 cm³/mol. The molecule has 2 nitrogen and oxygen atoms in total. The van der Waals surface area contributed by atoms with Crippen molar-refractivity contribution in [2.45, 2.75) is 39.7 Å². The van der Waals surface area contributed by atoms with Crippen LogP contribution in [0.2, 0.25) is 0 Å². The van der Waals surface area contributed by atoms with Gasteiger partial charge in [0.25, 0.3) is 5.91 Å². The molecule has 1 amide bonds. The second-order valence-corrected chi connectivity index (χ2v) is 4.52. The molecule has 0 radical (unpaired) electrons. The zero-order chi connectivity index (χ0) is 12.3. The van der Waals surface area contributed by atoms with Crippen LogP contribution in [0.15, 0.2) is 18.2 Å². The van der Waals surface area contributed by atoms with Crippen LogP contribution < -0.4 is 5.32 Å². The Morgan fingerprint density at radius 2 is 1.88 bits per heavy atom. The van der Waals surface area contributed by atoms with Crippen molar-refractivity contribution in [1.82, 2.24) is 5.32 Å². The highest BCUT2D eigenvalue weighted by Gasteiger charge is 2.11. The summed E-state index contributed by atoms with van der Waals surface area (Å²) in [7, 11) is 0. The third-order valence-corrected chi connectivity index (χ3v) is 2.30. The fourth-order valence-electron chi connectivity index (χ4n) is 1.48. The summed E-state index contributed by atoms with van der Waals surface area (Å²) in [5.41, 5.74) is 1.01. The molecule has 88 valence electrons. The molecule has 0 spiro atoms. The summed E-state index contributed by atoms with van der Waals surface area (Å²) in [4.78, 5) is 11.6. The maximum Gasteiger partial charge on any atom is 0.251 e. The summed E-state index contributed by atoms with van der Waals surface area (Å²) in [5, 5.41) is 2.73. The van der Waals surface area contributed by atoms with Gasteiger partial charge in [0.1, 0.15) is 5.82 Å². The molecule has 0 aromatic heterocycles. The topological polar surface area (TPSA) is 29.1 Å². The van der Waals surface area contributed by atoms with Crippen LogP contribution in [0.25, 0.3) is 0 Å². The number of nitrogens with one attached hydrogen (secondary N) is 1. The molecule has 0 bridgehead atoms. The first kappa shape index (κ1) is 12.7. The Morgan fingerprint density at radius 3 is 2.31 bits per heavy atom. The second kappa shape index (κ2) is 5.10. The highest BCUT2D eigenvalue weighted by molar-refractivity contribution is 5.94. The summed E-state index contributed by atoms with van der Waals surface area (Å²) in [6.45, 7) is 7.59. The molecule has 0 saturated carbocycles. The molecule has 0 unspecified atom stereocenters. The summed E-state index contributed by atoms with van der Waals surface area (Å²) < 4.78 is 13.6. The molecular formula is C13H18FNO. The molecule has 0 aliphatic rings. The van der Waals surface area contributed by atoms with E-state index in [0.29, 0.717) is 11.1 Å². The van der Waals surface area contributed by atoms with E-state index in [1.165, 1.54) is 6.07 Å². The lowest BCUT2D eigenvalue weighted by atomic mass is 10.0. The summed E-state index contributed by atoms with van der Waals surface area (Å²) >= 11 is 0. The van der Waals surface area contributed by atoms with E-state index in [1.54, 1.807) is 12.1 Å². The molecule has 0 heterocycles. The Bertz CT molecular complexity index is 386. The Morgan fingerprint density at radius 1 is 1.25 bits per heavy atom. The van der Waals surface area contributed by atoms with E-state index in [4.69, 9.17) is 0 Å². The van der Waals surface area contributed by atoms with Gasteiger partial charge in [-0.1, -0.05) is 19.9 Å². The molecule has 0 saturated heterocycles. The Labute approximate surface area is 95.9 Å². The quantitative estimate of drug-likeness (QED) is 0.838. The minimum atomic E-state index is -0.314. The first-order valence-corrected chi connectivity index (χ1v) is 5.52. The van der Waals surface area contributed by atoms with Crippen LogP contribution >= 0.6 is 0 Å². The normalized spacial score (nSPS) is 10.9. The summed E-state index contributed by atoms with van der Waals surface area (Å²) in [5.74, 6) is -0.419. The molecule has 0 fully saturated rings. The van der Waals surface area contributed by atoms with Crippen molar-refractivity contribution in [3.05, 3.63) is 35.1 Å². The molecular weight excluding hydrogens is 205 g/mol. The maximum absolute atomic E-state index is 13.6. The van der Waals surface area contributed by atoms with Gasteiger partial charge in [0.2, 0.25) is 0 Å². The summed E-state index contributed by atoms with van der Waals surface area (Å²) in [6, 6.07) is 4.69. The maximum atomic E-state index is 13.6. The molecule has 0 atom stereocenters. The molecule has 0 aliphatic carbocycles. The fraction of sp³-hybridized carbons (Fsp3) is 0.462. The largest absolute Gasteiger partial charge is 0.350 e. The third kappa shape index (κ3) is 3.05. The van der Waals surface area contributed by atoms with Crippen molar-refractivity contribution in [2.75, 3.05) is 0 Å². The number of benzene rings is 1. The predicted octanol–water partition coefficient (Wildman–Crippen LogP) is 3.09. The number of carbonyl (C=O) groups is 1. The Kier molecular flexibility index (Phi) is 4.05. The van der Waals surface area contributed by atoms with Crippen molar-refractivity contribution in [3.63, 3.8) is 0 Å². The number of amides is 1. The van der Waals surface area contributed by atoms with Gasteiger partial charge >= 0.3 is 0 Å². The van der Waals surface area contributed by atoms with Gasteiger partial charge in [-0.2, -0.15) is 0 Å². The second-order valence-electron chi connectivity index (χ2n) is 4.52. The van der Waals surface area contributed by atoms with Crippen molar-refractivity contribution in [1.29, 1.82) is 0 Å². The lowest BCUT2D eigenvalue weighted by Crippen LogP contribution is -2.30. The third-order valence-electron chi connectivity index (χ3n) is 2.30. The zero-order valence-electron chi connectivity index (χ0n) is 10.2. The van der Waals surface area contributed by atoms with E-state index < -0.39 is 0 Å². The lowest BCUT2D eigenvalue weighted by Gasteiger charge is -2.11. The van der Waals surface area contributed by atoms with Gasteiger partial charge < -0.3 is 5.32 Å².